The monoisotopic (exact) mass is 378 g/mol. The number of benzene rings is 1. The van der Waals surface area contributed by atoms with Gasteiger partial charge in [0.05, 0.1) is 40.5 Å². The highest BCUT2D eigenvalue weighted by Crippen LogP contribution is 2.65. The van der Waals surface area contributed by atoms with Crippen LogP contribution in [0.1, 0.15) is 25.3 Å². The van der Waals surface area contributed by atoms with Crippen LogP contribution in [0.2, 0.25) is 5.02 Å². The minimum absolute atomic E-state index is 0.00609. The van der Waals surface area contributed by atoms with Crippen LogP contribution in [0.4, 0.5) is 10.1 Å². The topological polar surface area (TPSA) is 82.8 Å². The van der Waals surface area contributed by atoms with Crippen LogP contribution in [0, 0.1) is 29.0 Å². The van der Waals surface area contributed by atoms with Crippen molar-refractivity contribution in [3.05, 3.63) is 28.5 Å². The fourth-order valence-corrected chi connectivity index (χ4v) is 5.59. The number of aliphatic hydroxyl groups is 1. The Morgan fingerprint density at radius 2 is 2.27 bits per heavy atom. The van der Waals surface area contributed by atoms with Crippen molar-refractivity contribution >= 4 is 23.2 Å². The number of amides is 1. The molecule has 1 aromatic rings. The van der Waals surface area contributed by atoms with Gasteiger partial charge in [0, 0.05) is 18.8 Å². The molecule has 136 valence electrons. The number of hydrogen-bond acceptors (Lipinski definition) is 5. The molecule has 4 aliphatic rings. The van der Waals surface area contributed by atoms with Gasteiger partial charge in [-0.05, 0) is 19.1 Å². The Labute approximate surface area is 154 Å². The minimum atomic E-state index is -1.00. The van der Waals surface area contributed by atoms with E-state index in [-0.39, 0.29) is 28.1 Å². The lowest BCUT2D eigenvalue weighted by molar-refractivity contribution is -0.142. The van der Waals surface area contributed by atoms with E-state index in [0.717, 1.165) is 0 Å². The van der Waals surface area contributed by atoms with Crippen LogP contribution in [-0.4, -0.2) is 41.2 Å². The summed E-state index contributed by atoms with van der Waals surface area (Å²) in [6.45, 7) is 2.10. The molecule has 26 heavy (non-hydrogen) atoms. The molecular weight excluding hydrogens is 363 g/mol. The minimum Gasteiger partial charge on any atom is -0.390 e. The summed E-state index contributed by atoms with van der Waals surface area (Å²) < 4.78 is 26.9. The molecule has 1 aromatic carbocycles. The van der Waals surface area contributed by atoms with E-state index in [2.05, 4.69) is 0 Å². The summed E-state index contributed by atoms with van der Waals surface area (Å²) in [6, 6.07) is 4.59. The van der Waals surface area contributed by atoms with Crippen LogP contribution >= 0.6 is 11.6 Å². The highest BCUT2D eigenvalue weighted by molar-refractivity contribution is 6.32. The zero-order valence-corrected chi connectivity index (χ0v) is 14.7. The van der Waals surface area contributed by atoms with Gasteiger partial charge in [0.2, 0.25) is 5.91 Å². The summed E-state index contributed by atoms with van der Waals surface area (Å²) in [5, 5.41) is 19.2. The van der Waals surface area contributed by atoms with Crippen molar-refractivity contribution in [2.45, 2.75) is 43.3 Å². The number of nitriles is 1. The molecule has 0 aromatic heterocycles. The summed E-state index contributed by atoms with van der Waals surface area (Å²) in [6.07, 6.45) is -0.382. The van der Waals surface area contributed by atoms with Gasteiger partial charge in [-0.2, -0.15) is 5.26 Å². The standard InChI is InChI=1S/C18H16ClFN2O4/c1-17-10(23)6-18(26-17)4-5-25-16-12(18)11(17)15(24)22(16)9-3-2-8(7-21)13(19)14(9)20/h2-3,10-12,16,23H,4-6H2,1H3/t10-,11-,12+,16+,17-,18+/m1/s1. The third kappa shape index (κ3) is 1.69. The molecule has 6 atom stereocenters. The average molecular weight is 379 g/mol. The van der Waals surface area contributed by atoms with Gasteiger partial charge in [-0.3, -0.25) is 9.69 Å². The zero-order chi connectivity index (χ0) is 18.4. The maximum absolute atomic E-state index is 14.8. The van der Waals surface area contributed by atoms with Gasteiger partial charge in [0.15, 0.2) is 5.82 Å². The van der Waals surface area contributed by atoms with Crippen LogP contribution in [0.25, 0.3) is 0 Å². The number of anilines is 1. The van der Waals surface area contributed by atoms with Crippen molar-refractivity contribution < 1.29 is 23.8 Å². The highest BCUT2D eigenvalue weighted by atomic mass is 35.5. The Balaban J connectivity index is 1.65. The molecule has 0 radical (unpaired) electrons. The normalized spacial score (nSPS) is 42.9. The van der Waals surface area contributed by atoms with E-state index in [1.54, 1.807) is 6.92 Å². The molecule has 1 amide bonds. The molecule has 4 aliphatic heterocycles. The molecule has 0 unspecified atom stereocenters. The lowest BCUT2D eigenvalue weighted by Gasteiger charge is -2.42. The van der Waals surface area contributed by atoms with Crippen molar-refractivity contribution in [3.8, 4) is 6.07 Å². The smallest absolute Gasteiger partial charge is 0.235 e. The second kappa shape index (κ2) is 4.96. The fraction of sp³-hybridized carbons (Fsp3) is 0.556. The predicted molar refractivity (Wildman–Crippen MR) is 87.8 cm³/mol. The van der Waals surface area contributed by atoms with Crippen molar-refractivity contribution in [2.75, 3.05) is 11.5 Å². The molecule has 5 rings (SSSR count). The Morgan fingerprint density at radius 1 is 1.50 bits per heavy atom. The SMILES string of the molecule is C[C@]12O[C@@]3(CCO[C@H]4[C@@H]3[C@@H]1C(=O)N4c1ccc(C#N)c(Cl)c1F)C[C@H]2O. The average Bonchev–Trinajstić information content (AvgIpc) is 3.15. The van der Waals surface area contributed by atoms with E-state index in [1.165, 1.54) is 17.0 Å². The first-order valence-electron chi connectivity index (χ1n) is 8.55. The fourth-order valence-electron chi connectivity index (χ4n) is 5.39. The lowest BCUT2D eigenvalue weighted by Crippen LogP contribution is -2.53. The highest BCUT2D eigenvalue weighted by Gasteiger charge is 2.78. The van der Waals surface area contributed by atoms with Crippen LogP contribution < -0.4 is 4.90 Å². The van der Waals surface area contributed by atoms with E-state index >= 15 is 0 Å². The number of carbonyl (C=O) groups excluding carboxylic acids is 1. The maximum atomic E-state index is 14.8. The van der Waals surface area contributed by atoms with Crippen LogP contribution in [0.15, 0.2) is 12.1 Å². The number of rotatable bonds is 1. The van der Waals surface area contributed by atoms with Gasteiger partial charge < -0.3 is 14.6 Å². The van der Waals surface area contributed by atoms with Crippen molar-refractivity contribution in [3.63, 3.8) is 0 Å². The number of aliphatic hydroxyl groups excluding tert-OH is 1. The van der Waals surface area contributed by atoms with Gasteiger partial charge in [-0.15, -0.1) is 0 Å². The molecule has 4 heterocycles. The number of hydrogen-bond donors (Lipinski definition) is 1. The number of nitrogens with zero attached hydrogens (tertiary/aromatic N) is 2. The van der Waals surface area contributed by atoms with Crippen molar-refractivity contribution in [1.82, 2.24) is 0 Å². The Hall–Kier alpha value is -1.72. The van der Waals surface area contributed by atoms with E-state index in [4.69, 9.17) is 26.3 Å². The third-order valence-electron chi connectivity index (χ3n) is 6.53. The third-order valence-corrected chi connectivity index (χ3v) is 6.90. The second-order valence-electron chi connectivity index (χ2n) is 7.67. The molecule has 6 nitrogen and oxygen atoms in total. The first kappa shape index (κ1) is 16.5. The summed E-state index contributed by atoms with van der Waals surface area (Å²) in [4.78, 5) is 14.6. The van der Waals surface area contributed by atoms with Crippen LogP contribution in [0.3, 0.4) is 0 Å². The van der Waals surface area contributed by atoms with E-state index in [1.807, 2.05) is 6.07 Å². The van der Waals surface area contributed by atoms with Crippen LogP contribution in [-0.2, 0) is 14.3 Å². The predicted octanol–water partition coefficient (Wildman–Crippen LogP) is 1.97. The summed E-state index contributed by atoms with van der Waals surface area (Å²) >= 11 is 5.96. The first-order chi connectivity index (χ1) is 12.3. The molecule has 4 fully saturated rings. The Morgan fingerprint density at radius 3 is 3.00 bits per heavy atom. The number of fused-ring (bicyclic) bond motifs is 2. The molecule has 2 bridgehead atoms. The van der Waals surface area contributed by atoms with Gasteiger partial charge in [0.1, 0.15) is 17.9 Å². The molecule has 1 N–H and O–H groups in total. The summed E-state index contributed by atoms with van der Waals surface area (Å²) in [5.74, 6) is -2.04. The Kier molecular flexibility index (Phi) is 3.14. The van der Waals surface area contributed by atoms with Crippen LogP contribution in [0.5, 0.6) is 0 Å². The number of ether oxygens (including phenoxy) is 2. The molecule has 1 spiro atoms. The van der Waals surface area contributed by atoms with Gasteiger partial charge in [-0.25, -0.2) is 4.39 Å². The lowest BCUT2D eigenvalue weighted by atomic mass is 9.65. The van der Waals surface area contributed by atoms with E-state index in [9.17, 15) is 14.3 Å². The molecule has 8 heteroatoms. The zero-order valence-electron chi connectivity index (χ0n) is 13.9. The quantitative estimate of drug-likeness (QED) is 0.807. The molecule has 0 aliphatic carbocycles. The van der Waals surface area contributed by atoms with Crippen molar-refractivity contribution in [2.24, 2.45) is 11.8 Å². The van der Waals surface area contributed by atoms with Gasteiger partial charge in [0.25, 0.3) is 0 Å². The Bertz CT molecular complexity index is 889. The summed E-state index contributed by atoms with van der Waals surface area (Å²) in [7, 11) is 0. The largest absolute Gasteiger partial charge is 0.390 e. The number of halogens is 2. The van der Waals surface area contributed by atoms with Gasteiger partial charge >= 0.3 is 0 Å². The van der Waals surface area contributed by atoms with E-state index < -0.39 is 35.3 Å². The van der Waals surface area contributed by atoms with E-state index in [0.29, 0.717) is 19.4 Å². The number of carbonyl (C=O) groups is 1. The molecular formula is C18H16ClFN2O4. The van der Waals surface area contributed by atoms with Crippen molar-refractivity contribution in [1.29, 1.82) is 5.26 Å². The maximum Gasteiger partial charge on any atom is 0.235 e. The van der Waals surface area contributed by atoms with Gasteiger partial charge in [-0.1, -0.05) is 11.6 Å². The summed E-state index contributed by atoms with van der Waals surface area (Å²) in [5.41, 5.74) is -1.63. The molecule has 0 saturated carbocycles. The molecule has 4 saturated heterocycles. The first-order valence-corrected chi connectivity index (χ1v) is 8.93. The second-order valence-corrected chi connectivity index (χ2v) is 8.04.